The molecule has 0 aromatic carbocycles. The van der Waals surface area contributed by atoms with Gasteiger partial charge in [-0.15, -0.1) is 21.5 Å². The maximum Gasteiger partial charge on any atom is 0.191 e. The minimum Gasteiger partial charge on any atom is -0.360 e. The average Bonchev–Trinajstić information content (AvgIpc) is 3.46. The van der Waals surface area contributed by atoms with Crippen LogP contribution in [-0.4, -0.2) is 36.0 Å². The van der Waals surface area contributed by atoms with Crippen LogP contribution < -0.4 is 0 Å². The monoisotopic (exact) mass is 427 g/mol. The van der Waals surface area contributed by atoms with Gasteiger partial charge in [0.05, 0.1) is 5.75 Å². The third kappa shape index (κ3) is 3.92. The fourth-order valence-electron chi connectivity index (χ4n) is 3.26. The number of hydrogen-bond donors (Lipinski definition) is 0. The first kappa shape index (κ1) is 19.7. The van der Waals surface area contributed by atoms with E-state index in [4.69, 9.17) is 4.52 Å². The lowest BCUT2D eigenvalue weighted by atomic mass is 10.2. The molecule has 29 heavy (non-hydrogen) atoms. The fraction of sp³-hybridized carbons (Fsp3) is 0.300. The first-order valence-corrected chi connectivity index (χ1v) is 11.0. The Morgan fingerprint density at radius 2 is 2.07 bits per heavy atom. The van der Waals surface area contributed by atoms with Gasteiger partial charge in [-0.3, -0.25) is 9.36 Å². The number of thioether (sulfide) groups is 1. The van der Waals surface area contributed by atoms with E-state index < -0.39 is 0 Å². The second-order valence-corrected chi connectivity index (χ2v) is 8.82. The molecule has 150 valence electrons. The van der Waals surface area contributed by atoms with E-state index in [1.54, 1.807) is 11.3 Å². The van der Waals surface area contributed by atoms with E-state index in [1.165, 1.54) is 16.6 Å². The van der Waals surface area contributed by atoms with Crippen molar-refractivity contribution in [2.75, 3.05) is 5.75 Å². The zero-order valence-corrected chi connectivity index (χ0v) is 18.3. The van der Waals surface area contributed by atoms with Gasteiger partial charge in [-0.25, -0.2) is 0 Å². The molecule has 4 rings (SSSR count). The van der Waals surface area contributed by atoms with Crippen molar-refractivity contribution in [3.63, 3.8) is 0 Å². The summed E-state index contributed by atoms with van der Waals surface area (Å²) in [6.07, 6.45) is 0.744. The summed E-state index contributed by atoms with van der Waals surface area (Å²) in [5.74, 6) is 2.67. The third-order valence-corrected chi connectivity index (χ3v) is 6.64. The number of ketones is 1. The van der Waals surface area contributed by atoms with Gasteiger partial charge in [0.2, 0.25) is 0 Å². The van der Waals surface area contributed by atoms with Crippen LogP contribution in [0.1, 0.15) is 38.2 Å². The molecule has 0 radical (unpaired) electrons. The number of carbonyl (C=O) groups is 1. The van der Waals surface area contributed by atoms with E-state index in [2.05, 4.69) is 26.8 Å². The predicted octanol–water partition coefficient (Wildman–Crippen LogP) is 4.15. The van der Waals surface area contributed by atoms with Crippen LogP contribution in [-0.2, 0) is 13.5 Å². The van der Waals surface area contributed by atoms with E-state index in [9.17, 15) is 4.79 Å². The van der Waals surface area contributed by atoms with E-state index in [0.717, 1.165) is 34.5 Å². The molecule has 0 spiro atoms. The molecule has 0 aliphatic carbocycles. The normalized spacial score (nSPS) is 11.3. The van der Waals surface area contributed by atoms with Crippen molar-refractivity contribution in [2.45, 2.75) is 32.3 Å². The molecule has 4 aromatic heterocycles. The highest BCUT2D eigenvalue weighted by atomic mass is 32.2. The Bertz CT molecular complexity index is 1150. The van der Waals surface area contributed by atoms with Gasteiger partial charge in [-0.2, -0.15) is 0 Å². The van der Waals surface area contributed by atoms with Crippen molar-refractivity contribution >= 4 is 28.9 Å². The Morgan fingerprint density at radius 1 is 1.24 bits per heavy atom. The number of hydrogen-bond acceptors (Lipinski definition) is 7. The standard InChI is InChI=1S/C20H21N5O2S2/c1-12-8-16(14(3)25(12)19-9-13(2)27-23-19)17(26)11-29-20-22-21-18(24(20)4)10-15-6-5-7-28-15/h5-9H,10-11H2,1-4H3. The summed E-state index contributed by atoms with van der Waals surface area (Å²) in [6.45, 7) is 5.73. The number of thiophene rings is 1. The van der Waals surface area contributed by atoms with Gasteiger partial charge < -0.3 is 9.09 Å². The van der Waals surface area contributed by atoms with Crippen LogP contribution in [0, 0.1) is 20.8 Å². The second-order valence-electron chi connectivity index (χ2n) is 6.84. The molecule has 0 bridgehead atoms. The Hall–Kier alpha value is -2.65. The van der Waals surface area contributed by atoms with Crippen molar-refractivity contribution < 1.29 is 9.32 Å². The lowest BCUT2D eigenvalue weighted by Gasteiger charge is -2.05. The number of Topliss-reactive ketones (excluding diaryl/α,β-unsaturated/α-hetero) is 1. The highest BCUT2D eigenvalue weighted by Crippen LogP contribution is 2.24. The zero-order chi connectivity index (χ0) is 20.5. The van der Waals surface area contributed by atoms with Gasteiger partial charge in [0.1, 0.15) is 11.6 Å². The second kappa shape index (κ2) is 8.00. The quantitative estimate of drug-likeness (QED) is 0.326. The molecule has 0 aliphatic heterocycles. The van der Waals surface area contributed by atoms with Gasteiger partial charge in [0, 0.05) is 41.4 Å². The van der Waals surface area contributed by atoms with Gasteiger partial charge in [0.25, 0.3) is 0 Å². The van der Waals surface area contributed by atoms with Crippen LogP contribution in [0.5, 0.6) is 0 Å². The maximum absolute atomic E-state index is 12.9. The molecule has 0 fully saturated rings. The highest BCUT2D eigenvalue weighted by Gasteiger charge is 2.20. The van der Waals surface area contributed by atoms with Crippen molar-refractivity contribution in [3.05, 3.63) is 63.1 Å². The average molecular weight is 428 g/mol. The number of aromatic nitrogens is 5. The third-order valence-electron chi connectivity index (χ3n) is 4.75. The van der Waals surface area contributed by atoms with Crippen LogP contribution in [0.3, 0.4) is 0 Å². The summed E-state index contributed by atoms with van der Waals surface area (Å²) in [5, 5.41) is 15.4. The number of nitrogens with zero attached hydrogens (tertiary/aromatic N) is 5. The maximum atomic E-state index is 12.9. The SMILES string of the molecule is Cc1cc(-n2c(C)cc(C(=O)CSc3nnc(Cc4cccs4)n3C)c2C)no1. The van der Waals surface area contributed by atoms with Gasteiger partial charge >= 0.3 is 0 Å². The van der Waals surface area contributed by atoms with Crippen molar-refractivity contribution in [2.24, 2.45) is 7.05 Å². The molecular formula is C20H21N5O2S2. The first-order valence-electron chi connectivity index (χ1n) is 9.13. The fourth-order valence-corrected chi connectivity index (χ4v) is 4.77. The Balaban J connectivity index is 1.47. The van der Waals surface area contributed by atoms with E-state index in [0.29, 0.717) is 17.1 Å². The molecule has 0 atom stereocenters. The Morgan fingerprint density at radius 3 is 2.76 bits per heavy atom. The topological polar surface area (TPSA) is 78.7 Å². The molecular weight excluding hydrogens is 406 g/mol. The molecule has 0 unspecified atom stereocenters. The van der Waals surface area contributed by atoms with Crippen LogP contribution in [0.15, 0.2) is 39.3 Å². The van der Waals surface area contributed by atoms with Gasteiger partial charge in [0.15, 0.2) is 16.8 Å². The van der Waals surface area contributed by atoms with Crippen LogP contribution in [0.2, 0.25) is 0 Å². The van der Waals surface area contributed by atoms with Gasteiger partial charge in [-0.05, 0) is 38.3 Å². The lowest BCUT2D eigenvalue weighted by Crippen LogP contribution is -2.07. The smallest absolute Gasteiger partial charge is 0.191 e. The molecule has 0 saturated heterocycles. The van der Waals surface area contributed by atoms with Crippen LogP contribution in [0.4, 0.5) is 0 Å². The van der Waals surface area contributed by atoms with Crippen LogP contribution >= 0.6 is 23.1 Å². The number of carbonyl (C=O) groups excluding carboxylic acids is 1. The van der Waals surface area contributed by atoms with Crippen molar-refractivity contribution in [3.8, 4) is 5.82 Å². The summed E-state index contributed by atoms with van der Waals surface area (Å²) in [6, 6.07) is 7.88. The minimum absolute atomic E-state index is 0.0531. The summed E-state index contributed by atoms with van der Waals surface area (Å²) in [7, 11) is 1.94. The minimum atomic E-state index is 0.0531. The summed E-state index contributed by atoms with van der Waals surface area (Å²) >= 11 is 3.11. The predicted molar refractivity (Wildman–Crippen MR) is 113 cm³/mol. The summed E-state index contributed by atoms with van der Waals surface area (Å²) in [4.78, 5) is 14.1. The lowest BCUT2D eigenvalue weighted by molar-refractivity contribution is 0.102. The number of aryl methyl sites for hydroxylation is 2. The summed E-state index contributed by atoms with van der Waals surface area (Å²) in [5.41, 5.74) is 2.50. The van der Waals surface area contributed by atoms with Crippen LogP contribution in [0.25, 0.3) is 5.82 Å². The van der Waals surface area contributed by atoms with E-state index >= 15 is 0 Å². The van der Waals surface area contributed by atoms with Crippen molar-refractivity contribution in [1.82, 2.24) is 24.5 Å². The highest BCUT2D eigenvalue weighted by molar-refractivity contribution is 7.99. The first-order chi connectivity index (χ1) is 13.9. The molecule has 4 heterocycles. The Labute approximate surface area is 176 Å². The number of rotatable bonds is 7. The molecule has 4 aromatic rings. The molecule has 7 nitrogen and oxygen atoms in total. The molecule has 0 N–H and O–H groups in total. The largest absolute Gasteiger partial charge is 0.360 e. The van der Waals surface area contributed by atoms with E-state index in [1.807, 2.05) is 55.2 Å². The Kier molecular flexibility index (Phi) is 5.42. The van der Waals surface area contributed by atoms with Gasteiger partial charge in [-0.1, -0.05) is 23.0 Å². The summed E-state index contributed by atoms with van der Waals surface area (Å²) < 4.78 is 9.08. The molecule has 9 heteroatoms. The molecule has 0 amide bonds. The zero-order valence-electron chi connectivity index (χ0n) is 16.7. The molecule has 0 saturated carbocycles. The van der Waals surface area contributed by atoms with Crippen molar-refractivity contribution in [1.29, 1.82) is 0 Å². The van der Waals surface area contributed by atoms with E-state index in [-0.39, 0.29) is 5.78 Å². The molecule has 0 aliphatic rings.